The van der Waals surface area contributed by atoms with Gasteiger partial charge in [0.1, 0.15) is 4.88 Å². The summed E-state index contributed by atoms with van der Waals surface area (Å²) in [5, 5.41) is 9.50. The highest BCUT2D eigenvalue weighted by Crippen LogP contribution is 2.36. The Labute approximate surface area is 167 Å². The SMILES string of the molecule is CC(C)(C)C#Cc1cc(N(I)C(=O)[C@H]2CC[C@H](C)CC2)c(C(=O)O)s1. The first-order valence-electron chi connectivity index (χ1n) is 8.48. The summed E-state index contributed by atoms with van der Waals surface area (Å²) in [7, 11) is 0. The van der Waals surface area contributed by atoms with Crippen molar-refractivity contribution in [1.82, 2.24) is 0 Å². The molecule has 0 atom stereocenters. The van der Waals surface area contributed by atoms with Gasteiger partial charge < -0.3 is 5.11 Å². The third-order valence-corrected chi connectivity index (χ3v) is 6.26. The number of nitrogens with zero attached hydrogens (tertiary/aromatic N) is 1. The van der Waals surface area contributed by atoms with Gasteiger partial charge in [0.25, 0.3) is 0 Å². The van der Waals surface area contributed by atoms with E-state index in [-0.39, 0.29) is 22.1 Å². The molecule has 1 fully saturated rings. The van der Waals surface area contributed by atoms with Gasteiger partial charge in [-0.2, -0.15) is 0 Å². The first-order chi connectivity index (χ1) is 11.6. The molecule has 1 N–H and O–H groups in total. The number of hydrogen-bond acceptors (Lipinski definition) is 3. The molecule has 1 aromatic heterocycles. The van der Waals surface area contributed by atoms with Crippen LogP contribution in [-0.2, 0) is 4.79 Å². The molecule has 1 aliphatic rings. The fourth-order valence-corrected chi connectivity index (χ4v) is 4.55. The molecule has 0 aliphatic heterocycles. The molecule has 1 aromatic rings. The summed E-state index contributed by atoms with van der Waals surface area (Å²) in [4.78, 5) is 25.3. The van der Waals surface area contributed by atoms with Gasteiger partial charge in [-0.3, -0.25) is 7.91 Å². The van der Waals surface area contributed by atoms with E-state index in [1.54, 1.807) is 6.07 Å². The molecule has 0 aromatic carbocycles. The van der Waals surface area contributed by atoms with Crippen LogP contribution in [0.25, 0.3) is 0 Å². The molecule has 25 heavy (non-hydrogen) atoms. The topological polar surface area (TPSA) is 57.6 Å². The van der Waals surface area contributed by atoms with Gasteiger partial charge in [0, 0.05) is 11.3 Å². The Morgan fingerprint density at radius 3 is 2.40 bits per heavy atom. The van der Waals surface area contributed by atoms with Crippen LogP contribution in [0.5, 0.6) is 0 Å². The van der Waals surface area contributed by atoms with Crippen molar-refractivity contribution in [3.05, 3.63) is 15.8 Å². The standard InChI is InChI=1S/C19H24INO3S/c1-12-5-7-13(8-6-12)17(22)21(20)15-11-14(9-10-19(2,3)4)25-16(15)18(23)24/h11-13H,5-8H2,1-4H3,(H,23,24)/t12-,13-. The number of carboxylic acid groups (broad SMARTS) is 1. The summed E-state index contributed by atoms with van der Waals surface area (Å²) in [5.74, 6) is 5.80. The fraction of sp³-hybridized carbons (Fsp3) is 0.579. The van der Waals surface area contributed by atoms with Crippen molar-refractivity contribution in [2.24, 2.45) is 17.3 Å². The number of rotatable bonds is 3. The highest BCUT2D eigenvalue weighted by Gasteiger charge is 2.30. The van der Waals surface area contributed by atoms with Crippen LogP contribution < -0.4 is 3.11 Å². The molecule has 1 aliphatic carbocycles. The molecule has 6 heteroatoms. The summed E-state index contributed by atoms with van der Waals surface area (Å²) >= 11 is 3.07. The van der Waals surface area contributed by atoms with Crippen LogP contribution in [0, 0.1) is 29.1 Å². The van der Waals surface area contributed by atoms with Crippen LogP contribution in [0.4, 0.5) is 5.69 Å². The van der Waals surface area contributed by atoms with E-state index in [4.69, 9.17) is 0 Å². The van der Waals surface area contributed by atoms with Gasteiger partial charge in [0.05, 0.1) is 33.4 Å². The van der Waals surface area contributed by atoms with Crippen LogP contribution in [0.2, 0.25) is 0 Å². The van der Waals surface area contributed by atoms with Gasteiger partial charge in [0.15, 0.2) is 0 Å². The quantitative estimate of drug-likeness (QED) is 0.366. The number of thiophene rings is 1. The Hall–Kier alpha value is -1.07. The average molecular weight is 473 g/mol. The Balaban J connectivity index is 2.26. The zero-order valence-electron chi connectivity index (χ0n) is 15.1. The molecular weight excluding hydrogens is 449 g/mol. The summed E-state index contributed by atoms with van der Waals surface area (Å²) in [6.07, 6.45) is 3.86. The summed E-state index contributed by atoms with van der Waals surface area (Å²) in [6, 6.07) is 1.72. The predicted molar refractivity (Wildman–Crippen MR) is 110 cm³/mol. The minimum absolute atomic E-state index is 0.00290. The molecule has 1 saturated carbocycles. The molecule has 0 bridgehead atoms. The van der Waals surface area contributed by atoms with E-state index in [0.717, 1.165) is 37.0 Å². The lowest BCUT2D eigenvalue weighted by atomic mass is 9.82. The van der Waals surface area contributed by atoms with Crippen molar-refractivity contribution in [1.29, 1.82) is 0 Å². The van der Waals surface area contributed by atoms with Gasteiger partial charge in [0.2, 0.25) is 5.91 Å². The van der Waals surface area contributed by atoms with E-state index in [1.807, 2.05) is 43.6 Å². The first-order valence-corrected chi connectivity index (χ1v) is 10.3. The molecule has 136 valence electrons. The Bertz CT molecular complexity index is 715. The minimum Gasteiger partial charge on any atom is -0.477 e. The summed E-state index contributed by atoms with van der Waals surface area (Å²) < 4.78 is 1.49. The van der Waals surface area contributed by atoms with Crippen molar-refractivity contribution in [2.75, 3.05) is 3.11 Å². The molecule has 4 nitrogen and oxygen atoms in total. The molecule has 1 heterocycles. The van der Waals surface area contributed by atoms with Crippen molar-refractivity contribution in [3.8, 4) is 11.8 Å². The van der Waals surface area contributed by atoms with E-state index >= 15 is 0 Å². The highest BCUT2D eigenvalue weighted by atomic mass is 127. The zero-order chi connectivity index (χ0) is 18.8. The van der Waals surface area contributed by atoms with E-state index in [9.17, 15) is 14.7 Å². The average Bonchev–Trinajstić information content (AvgIpc) is 2.96. The summed E-state index contributed by atoms with van der Waals surface area (Å²) in [5.41, 5.74) is 0.284. The number of carboxylic acids is 1. The first kappa shape index (κ1) is 20.2. The maximum absolute atomic E-state index is 12.8. The van der Waals surface area contributed by atoms with Crippen molar-refractivity contribution < 1.29 is 14.7 Å². The second-order valence-electron chi connectivity index (χ2n) is 7.71. The van der Waals surface area contributed by atoms with Crippen LogP contribution in [0.1, 0.15) is 67.9 Å². The van der Waals surface area contributed by atoms with Gasteiger partial charge in [-0.05, 0) is 58.4 Å². The largest absolute Gasteiger partial charge is 0.477 e. The second kappa shape index (κ2) is 8.09. The number of hydrogen-bond donors (Lipinski definition) is 1. The number of halogens is 1. The van der Waals surface area contributed by atoms with E-state index in [2.05, 4.69) is 18.8 Å². The second-order valence-corrected chi connectivity index (χ2v) is 9.72. The van der Waals surface area contributed by atoms with Gasteiger partial charge in [-0.1, -0.05) is 18.8 Å². The number of amides is 1. The minimum atomic E-state index is -1.02. The van der Waals surface area contributed by atoms with E-state index in [0.29, 0.717) is 16.5 Å². The molecule has 0 radical (unpaired) electrons. The van der Waals surface area contributed by atoms with Crippen LogP contribution >= 0.6 is 34.2 Å². The van der Waals surface area contributed by atoms with Crippen molar-refractivity contribution >= 4 is 51.8 Å². The number of carbonyl (C=O) groups is 2. The zero-order valence-corrected chi connectivity index (χ0v) is 18.0. The van der Waals surface area contributed by atoms with Gasteiger partial charge in [-0.15, -0.1) is 11.3 Å². The lowest BCUT2D eigenvalue weighted by molar-refractivity contribution is -0.121. The number of carbonyl (C=O) groups excluding carboxylic acids is 1. The lowest BCUT2D eigenvalue weighted by Gasteiger charge is -2.27. The maximum Gasteiger partial charge on any atom is 0.348 e. The highest BCUT2D eigenvalue weighted by molar-refractivity contribution is 14.1. The van der Waals surface area contributed by atoms with Crippen LogP contribution in [0.15, 0.2) is 6.07 Å². The van der Waals surface area contributed by atoms with Crippen molar-refractivity contribution in [3.63, 3.8) is 0 Å². The third kappa shape index (κ3) is 5.45. The fourth-order valence-electron chi connectivity index (χ4n) is 2.78. The molecular formula is C19H24INO3S. The van der Waals surface area contributed by atoms with Crippen LogP contribution in [-0.4, -0.2) is 17.0 Å². The molecule has 0 spiro atoms. The normalized spacial score (nSPS) is 20.5. The Morgan fingerprint density at radius 2 is 1.88 bits per heavy atom. The Morgan fingerprint density at radius 1 is 1.28 bits per heavy atom. The van der Waals surface area contributed by atoms with Gasteiger partial charge >= 0.3 is 5.97 Å². The predicted octanol–water partition coefficient (Wildman–Crippen LogP) is 5.35. The maximum atomic E-state index is 12.8. The summed E-state index contributed by atoms with van der Waals surface area (Å²) in [6.45, 7) is 8.23. The third-order valence-electron chi connectivity index (χ3n) is 4.24. The Kier molecular flexibility index (Phi) is 6.55. The number of anilines is 1. The number of aromatic carboxylic acids is 1. The smallest absolute Gasteiger partial charge is 0.348 e. The van der Waals surface area contributed by atoms with Crippen molar-refractivity contribution in [2.45, 2.75) is 53.4 Å². The molecule has 1 amide bonds. The lowest BCUT2D eigenvalue weighted by Crippen LogP contribution is -2.31. The van der Waals surface area contributed by atoms with Gasteiger partial charge in [-0.25, -0.2) is 4.79 Å². The van der Waals surface area contributed by atoms with E-state index < -0.39 is 5.97 Å². The molecule has 0 saturated heterocycles. The molecule has 0 unspecified atom stereocenters. The van der Waals surface area contributed by atoms with Crippen LogP contribution in [0.3, 0.4) is 0 Å². The molecule has 2 rings (SSSR count). The van der Waals surface area contributed by atoms with E-state index in [1.165, 1.54) is 3.11 Å². The monoisotopic (exact) mass is 473 g/mol.